The molecule has 1 unspecified atom stereocenters. The Morgan fingerprint density at radius 1 is 1.21 bits per heavy atom. The van der Waals surface area contributed by atoms with Gasteiger partial charge < -0.3 is 5.32 Å². The van der Waals surface area contributed by atoms with E-state index in [0.29, 0.717) is 37.5 Å². The molecule has 1 amide bonds. The molecule has 1 aromatic carbocycles. The van der Waals surface area contributed by atoms with E-state index in [0.717, 1.165) is 18.7 Å². The molecule has 2 heterocycles. The molecule has 1 atom stereocenters. The van der Waals surface area contributed by atoms with Crippen LogP contribution in [0.2, 0.25) is 5.02 Å². The summed E-state index contributed by atoms with van der Waals surface area (Å²) in [7, 11) is -3.16. The van der Waals surface area contributed by atoms with E-state index in [1.165, 1.54) is 17.1 Å². The van der Waals surface area contributed by atoms with E-state index in [4.69, 9.17) is 11.6 Å². The minimum absolute atomic E-state index is 0.0276. The number of amides is 1. The lowest BCUT2D eigenvalue weighted by atomic mass is 9.97. The normalized spacial score (nSPS) is 20.9. The standard InChI is InChI=1S/C20H30ClN3O3S/c1-2-28(26,27)24-12-8-16(9-13-24)20(25)22-15-19(23-10-3-4-11-23)17-6-5-7-18(21)14-17/h5-7,14,16,19H,2-4,8-13,15H2,1H3,(H,22,25). The second-order valence-electron chi connectivity index (χ2n) is 7.63. The first-order chi connectivity index (χ1) is 13.4. The average molecular weight is 428 g/mol. The zero-order valence-electron chi connectivity index (χ0n) is 16.4. The molecule has 6 nitrogen and oxygen atoms in total. The Bertz CT molecular complexity index is 773. The van der Waals surface area contributed by atoms with Gasteiger partial charge in [0.05, 0.1) is 11.8 Å². The quantitative estimate of drug-likeness (QED) is 0.726. The van der Waals surface area contributed by atoms with E-state index in [1.54, 1.807) is 6.92 Å². The number of halogens is 1. The average Bonchev–Trinajstić information content (AvgIpc) is 3.22. The number of nitrogens with one attached hydrogen (secondary N) is 1. The molecule has 0 aliphatic carbocycles. The molecule has 156 valence electrons. The van der Waals surface area contributed by atoms with Gasteiger partial charge in [-0.05, 0) is 63.4 Å². The lowest BCUT2D eigenvalue weighted by Gasteiger charge is -2.32. The third-order valence-electron chi connectivity index (χ3n) is 5.87. The van der Waals surface area contributed by atoms with Gasteiger partial charge in [-0.25, -0.2) is 12.7 Å². The summed E-state index contributed by atoms with van der Waals surface area (Å²) >= 11 is 6.18. The highest BCUT2D eigenvalue weighted by atomic mass is 35.5. The number of benzene rings is 1. The second kappa shape index (κ2) is 9.57. The number of piperidine rings is 1. The highest BCUT2D eigenvalue weighted by Gasteiger charge is 2.31. The molecule has 0 radical (unpaired) electrons. The maximum absolute atomic E-state index is 12.7. The van der Waals surface area contributed by atoms with Gasteiger partial charge in [-0.2, -0.15) is 0 Å². The Balaban J connectivity index is 1.58. The van der Waals surface area contributed by atoms with Crippen LogP contribution in [0, 0.1) is 5.92 Å². The summed E-state index contributed by atoms with van der Waals surface area (Å²) in [5.41, 5.74) is 1.12. The van der Waals surface area contributed by atoms with Crippen LogP contribution in [0.15, 0.2) is 24.3 Å². The number of likely N-dealkylation sites (tertiary alicyclic amines) is 1. The van der Waals surface area contributed by atoms with Crippen LogP contribution in [-0.4, -0.2) is 62.0 Å². The minimum atomic E-state index is -3.16. The Morgan fingerprint density at radius 2 is 1.89 bits per heavy atom. The van der Waals surface area contributed by atoms with Crippen LogP contribution >= 0.6 is 11.6 Å². The van der Waals surface area contributed by atoms with Gasteiger partial charge in [0.25, 0.3) is 0 Å². The predicted octanol–water partition coefficient (Wildman–Crippen LogP) is 2.65. The van der Waals surface area contributed by atoms with Gasteiger partial charge in [0.2, 0.25) is 15.9 Å². The van der Waals surface area contributed by atoms with Crippen molar-refractivity contribution in [1.29, 1.82) is 0 Å². The smallest absolute Gasteiger partial charge is 0.223 e. The van der Waals surface area contributed by atoms with E-state index < -0.39 is 10.0 Å². The predicted molar refractivity (Wildman–Crippen MR) is 112 cm³/mol. The Hall–Kier alpha value is -1.15. The van der Waals surface area contributed by atoms with Crippen molar-refractivity contribution in [2.24, 2.45) is 5.92 Å². The van der Waals surface area contributed by atoms with Crippen molar-refractivity contribution in [3.8, 4) is 0 Å². The maximum Gasteiger partial charge on any atom is 0.223 e. The van der Waals surface area contributed by atoms with Gasteiger partial charge in [0.15, 0.2) is 0 Å². The summed E-state index contributed by atoms with van der Waals surface area (Å²) in [6.07, 6.45) is 3.51. The van der Waals surface area contributed by atoms with Crippen LogP contribution in [0.5, 0.6) is 0 Å². The number of hydrogen-bond donors (Lipinski definition) is 1. The summed E-state index contributed by atoms with van der Waals surface area (Å²) in [5, 5.41) is 3.83. The lowest BCUT2D eigenvalue weighted by Crippen LogP contribution is -2.45. The van der Waals surface area contributed by atoms with Gasteiger partial charge in [-0.3, -0.25) is 9.69 Å². The monoisotopic (exact) mass is 427 g/mol. The molecule has 2 aliphatic heterocycles. The van der Waals surface area contributed by atoms with Gasteiger partial charge in [-0.15, -0.1) is 0 Å². The first-order valence-corrected chi connectivity index (χ1v) is 12.1. The summed E-state index contributed by atoms with van der Waals surface area (Å²) in [4.78, 5) is 15.1. The molecule has 0 aromatic heterocycles. The number of rotatable bonds is 7. The summed E-state index contributed by atoms with van der Waals surface area (Å²) < 4.78 is 25.5. The number of hydrogen-bond acceptors (Lipinski definition) is 4. The van der Waals surface area contributed by atoms with E-state index in [9.17, 15) is 13.2 Å². The van der Waals surface area contributed by atoms with Crippen LogP contribution in [0.4, 0.5) is 0 Å². The molecule has 28 heavy (non-hydrogen) atoms. The zero-order chi connectivity index (χ0) is 20.1. The summed E-state index contributed by atoms with van der Waals surface area (Å²) in [6.45, 7) is 5.12. The topological polar surface area (TPSA) is 69.7 Å². The Labute approximate surface area is 173 Å². The fraction of sp³-hybridized carbons (Fsp3) is 0.650. The molecule has 1 N–H and O–H groups in total. The van der Waals surface area contributed by atoms with E-state index in [2.05, 4.69) is 16.3 Å². The zero-order valence-corrected chi connectivity index (χ0v) is 18.0. The minimum Gasteiger partial charge on any atom is -0.354 e. The highest BCUT2D eigenvalue weighted by Crippen LogP contribution is 2.27. The fourth-order valence-corrected chi connectivity index (χ4v) is 5.48. The molecule has 2 fully saturated rings. The number of carbonyl (C=O) groups excluding carboxylic acids is 1. The third kappa shape index (κ3) is 5.26. The number of sulfonamides is 1. The molecule has 0 spiro atoms. The van der Waals surface area contributed by atoms with Crippen molar-refractivity contribution in [3.63, 3.8) is 0 Å². The molecule has 2 aliphatic rings. The van der Waals surface area contributed by atoms with E-state index in [1.807, 2.05) is 18.2 Å². The molecule has 0 bridgehead atoms. The van der Waals surface area contributed by atoms with Crippen LogP contribution in [0.1, 0.15) is 44.2 Å². The van der Waals surface area contributed by atoms with Crippen LogP contribution < -0.4 is 5.32 Å². The van der Waals surface area contributed by atoms with Crippen LogP contribution in [0.25, 0.3) is 0 Å². The Kier molecular flexibility index (Phi) is 7.36. The summed E-state index contributed by atoms with van der Waals surface area (Å²) in [6, 6.07) is 7.97. The molecule has 3 rings (SSSR count). The second-order valence-corrected chi connectivity index (χ2v) is 10.3. The SMILES string of the molecule is CCS(=O)(=O)N1CCC(C(=O)NCC(c2cccc(Cl)c2)N2CCCC2)CC1. The molecule has 2 saturated heterocycles. The first-order valence-electron chi connectivity index (χ1n) is 10.2. The molecule has 1 aromatic rings. The lowest BCUT2D eigenvalue weighted by molar-refractivity contribution is -0.126. The summed E-state index contributed by atoms with van der Waals surface area (Å²) in [5.74, 6) is 0.0164. The highest BCUT2D eigenvalue weighted by molar-refractivity contribution is 7.89. The van der Waals surface area contributed by atoms with Gasteiger partial charge in [0.1, 0.15) is 0 Å². The van der Waals surface area contributed by atoms with Crippen molar-refractivity contribution < 1.29 is 13.2 Å². The first kappa shape index (κ1) is 21.6. The van der Waals surface area contributed by atoms with Crippen LogP contribution in [-0.2, 0) is 14.8 Å². The van der Waals surface area contributed by atoms with Crippen molar-refractivity contribution in [2.45, 2.75) is 38.6 Å². The van der Waals surface area contributed by atoms with E-state index in [-0.39, 0.29) is 23.6 Å². The van der Waals surface area contributed by atoms with Gasteiger partial charge in [-0.1, -0.05) is 23.7 Å². The molecular formula is C20H30ClN3O3S. The maximum atomic E-state index is 12.7. The Morgan fingerprint density at radius 3 is 2.50 bits per heavy atom. The van der Waals surface area contributed by atoms with Crippen molar-refractivity contribution >= 4 is 27.5 Å². The third-order valence-corrected chi connectivity index (χ3v) is 7.98. The van der Waals surface area contributed by atoms with Crippen molar-refractivity contribution in [3.05, 3.63) is 34.9 Å². The largest absolute Gasteiger partial charge is 0.354 e. The van der Waals surface area contributed by atoms with Crippen molar-refractivity contribution in [1.82, 2.24) is 14.5 Å². The fourth-order valence-electron chi connectivity index (χ4n) is 4.15. The van der Waals surface area contributed by atoms with Crippen LogP contribution in [0.3, 0.4) is 0 Å². The molecule has 8 heteroatoms. The number of nitrogens with zero attached hydrogens (tertiary/aromatic N) is 2. The molecule has 0 saturated carbocycles. The van der Waals surface area contributed by atoms with Gasteiger partial charge >= 0.3 is 0 Å². The van der Waals surface area contributed by atoms with E-state index >= 15 is 0 Å². The van der Waals surface area contributed by atoms with Gasteiger partial charge in [0, 0.05) is 30.6 Å². The number of carbonyl (C=O) groups is 1. The van der Waals surface area contributed by atoms with Crippen molar-refractivity contribution in [2.75, 3.05) is 38.5 Å². The molecular weight excluding hydrogens is 398 g/mol.